The molecule has 0 spiro atoms. The van der Waals surface area contributed by atoms with Crippen LogP contribution in [0.25, 0.3) is 16.0 Å². The third-order valence-corrected chi connectivity index (χ3v) is 6.82. The number of carbonyl (C=O) groups is 1. The maximum atomic E-state index is 12.8. The molecule has 0 N–H and O–H groups in total. The van der Waals surface area contributed by atoms with Crippen LogP contribution in [0.5, 0.6) is 0 Å². The van der Waals surface area contributed by atoms with E-state index in [1.165, 1.54) is 11.8 Å². The van der Waals surface area contributed by atoms with Gasteiger partial charge >= 0.3 is 0 Å². The first-order valence-electron chi connectivity index (χ1n) is 7.46. The minimum Gasteiger partial charge on any atom is -0.268 e. The Morgan fingerprint density at radius 2 is 1.96 bits per heavy atom. The van der Waals surface area contributed by atoms with Crippen LogP contribution < -0.4 is 4.90 Å². The highest BCUT2D eigenvalue weighted by molar-refractivity contribution is 8.27. The Hall–Kier alpha value is -1.80. The van der Waals surface area contributed by atoms with Crippen molar-refractivity contribution in [1.29, 1.82) is 0 Å². The van der Waals surface area contributed by atoms with E-state index in [1.54, 1.807) is 27.6 Å². The molecule has 0 aliphatic carbocycles. The van der Waals surface area contributed by atoms with E-state index in [9.17, 15) is 4.79 Å². The molecule has 4 rings (SSSR count). The lowest BCUT2D eigenvalue weighted by atomic mass is 10.2. The summed E-state index contributed by atoms with van der Waals surface area (Å²) in [6.07, 6.45) is 1.82. The van der Waals surface area contributed by atoms with Crippen LogP contribution in [0.2, 0.25) is 0 Å². The van der Waals surface area contributed by atoms with Crippen molar-refractivity contribution in [3.8, 4) is 9.88 Å². The maximum absolute atomic E-state index is 12.8. The summed E-state index contributed by atoms with van der Waals surface area (Å²) < 4.78 is 0.550. The fourth-order valence-corrected chi connectivity index (χ4v) is 5.26. The zero-order valence-corrected chi connectivity index (χ0v) is 16.4. The lowest BCUT2D eigenvalue weighted by molar-refractivity contribution is -0.113. The Kier molecular flexibility index (Phi) is 4.56. The number of hydrogen-bond donors (Lipinski definition) is 0. The van der Waals surface area contributed by atoms with Crippen LogP contribution in [0.3, 0.4) is 0 Å². The molecule has 3 nitrogen and oxygen atoms in total. The van der Waals surface area contributed by atoms with Crippen molar-refractivity contribution in [2.75, 3.05) is 4.90 Å². The number of benzene rings is 1. The summed E-state index contributed by atoms with van der Waals surface area (Å²) in [6.45, 7) is 2.02. The molecular weight excluding hydrogens is 388 g/mol. The molecule has 124 valence electrons. The molecule has 1 amide bonds. The van der Waals surface area contributed by atoms with Gasteiger partial charge in [0.05, 0.1) is 21.2 Å². The molecule has 1 fully saturated rings. The highest BCUT2D eigenvalue weighted by atomic mass is 32.2. The summed E-state index contributed by atoms with van der Waals surface area (Å²) in [5.41, 5.74) is 2.74. The van der Waals surface area contributed by atoms with E-state index in [1.807, 2.05) is 60.2 Å². The van der Waals surface area contributed by atoms with Gasteiger partial charge < -0.3 is 0 Å². The first-order chi connectivity index (χ1) is 12.1. The van der Waals surface area contributed by atoms with Crippen molar-refractivity contribution >= 4 is 68.6 Å². The molecule has 0 atom stereocenters. The zero-order chi connectivity index (χ0) is 17.4. The monoisotopic (exact) mass is 400 g/mol. The summed E-state index contributed by atoms with van der Waals surface area (Å²) in [4.78, 5) is 20.7. The number of amides is 1. The standard InChI is InChI=1S/C18H12N2OS4/c1-11-4-6-13(7-5-11)20-17(21)15(25-18(20)22)9-12-10-24-16(19-12)14-3-2-8-23-14/h2-10H,1H3. The second kappa shape index (κ2) is 6.84. The number of carbonyl (C=O) groups excluding carboxylic acids is 1. The van der Waals surface area contributed by atoms with Crippen molar-refractivity contribution in [3.63, 3.8) is 0 Å². The number of hydrogen-bond acceptors (Lipinski definition) is 6. The smallest absolute Gasteiger partial charge is 0.268 e. The topological polar surface area (TPSA) is 33.2 Å². The maximum Gasteiger partial charge on any atom is 0.270 e. The molecule has 1 saturated heterocycles. The Bertz CT molecular complexity index is 971. The molecule has 2 aromatic heterocycles. The van der Waals surface area contributed by atoms with Crippen molar-refractivity contribution < 1.29 is 4.79 Å². The molecule has 0 saturated carbocycles. The van der Waals surface area contributed by atoms with Gasteiger partial charge in [0.25, 0.3) is 5.91 Å². The molecule has 1 aliphatic rings. The van der Waals surface area contributed by atoms with Crippen LogP contribution in [-0.4, -0.2) is 15.2 Å². The molecular formula is C18H12N2OS4. The summed E-state index contributed by atoms with van der Waals surface area (Å²) in [5, 5.41) is 4.96. The summed E-state index contributed by atoms with van der Waals surface area (Å²) in [5.74, 6) is -0.0930. The summed E-state index contributed by atoms with van der Waals surface area (Å²) in [7, 11) is 0. The number of anilines is 1. The largest absolute Gasteiger partial charge is 0.270 e. The third kappa shape index (κ3) is 3.32. The summed E-state index contributed by atoms with van der Waals surface area (Å²) >= 11 is 9.96. The normalized spacial score (nSPS) is 16.2. The molecule has 0 radical (unpaired) electrons. The van der Waals surface area contributed by atoms with E-state index in [-0.39, 0.29) is 5.91 Å². The number of rotatable bonds is 3. The number of aryl methyl sites for hydroxylation is 1. The number of thioether (sulfide) groups is 1. The van der Waals surface area contributed by atoms with Crippen LogP contribution in [0, 0.1) is 6.92 Å². The van der Waals surface area contributed by atoms with Gasteiger partial charge in [0.2, 0.25) is 0 Å². The van der Waals surface area contributed by atoms with Gasteiger partial charge in [-0.05, 0) is 36.6 Å². The van der Waals surface area contributed by atoms with Gasteiger partial charge in [0, 0.05) is 5.38 Å². The second-order valence-corrected chi connectivity index (χ2v) is 8.89. The molecule has 7 heteroatoms. The minimum absolute atomic E-state index is 0.0930. The van der Waals surface area contributed by atoms with Crippen molar-refractivity contribution in [2.24, 2.45) is 0 Å². The summed E-state index contributed by atoms with van der Waals surface area (Å²) in [6, 6.07) is 11.8. The number of thiocarbonyl (C=S) groups is 1. The number of aromatic nitrogens is 1. The Morgan fingerprint density at radius 1 is 1.16 bits per heavy atom. The highest BCUT2D eigenvalue weighted by Gasteiger charge is 2.33. The predicted octanol–water partition coefficient (Wildman–Crippen LogP) is 5.59. The van der Waals surface area contributed by atoms with Gasteiger partial charge in [0.1, 0.15) is 5.01 Å². The first kappa shape index (κ1) is 16.7. The van der Waals surface area contributed by atoms with Crippen molar-refractivity contribution in [3.05, 3.63) is 63.3 Å². The van der Waals surface area contributed by atoms with E-state index in [0.717, 1.165) is 26.8 Å². The quantitative estimate of drug-likeness (QED) is 0.424. The van der Waals surface area contributed by atoms with Crippen molar-refractivity contribution in [2.45, 2.75) is 6.92 Å². The van der Waals surface area contributed by atoms with Crippen LogP contribution in [0.4, 0.5) is 5.69 Å². The molecule has 0 bridgehead atoms. The fourth-order valence-electron chi connectivity index (χ4n) is 2.38. The molecule has 1 aliphatic heterocycles. The fraction of sp³-hybridized carbons (Fsp3) is 0.0556. The number of thiazole rings is 1. The van der Waals surface area contributed by atoms with E-state index in [0.29, 0.717) is 9.23 Å². The third-order valence-electron chi connectivity index (χ3n) is 3.62. The van der Waals surface area contributed by atoms with Crippen LogP contribution in [-0.2, 0) is 4.79 Å². The Balaban J connectivity index is 1.61. The van der Waals surface area contributed by atoms with Crippen LogP contribution >= 0.6 is 46.7 Å². The molecule has 1 aromatic carbocycles. The van der Waals surface area contributed by atoms with Gasteiger partial charge in [0.15, 0.2) is 4.32 Å². The van der Waals surface area contributed by atoms with Gasteiger partial charge in [-0.1, -0.05) is 47.7 Å². The Labute approximate surface area is 163 Å². The van der Waals surface area contributed by atoms with Gasteiger partial charge in [-0.3, -0.25) is 9.69 Å². The average molecular weight is 401 g/mol. The lowest BCUT2D eigenvalue weighted by Crippen LogP contribution is -2.27. The SMILES string of the molecule is Cc1ccc(N2C(=O)C(=Cc3csc(-c4cccs4)n3)SC2=S)cc1. The average Bonchev–Trinajstić information content (AvgIpc) is 3.31. The molecule has 25 heavy (non-hydrogen) atoms. The number of thiophene rings is 1. The van der Waals surface area contributed by atoms with E-state index >= 15 is 0 Å². The molecule has 3 aromatic rings. The van der Waals surface area contributed by atoms with E-state index in [4.69, 9.17) is 12.2 Å². The second-order valence-electron chi connectivity index (χ2n) is 5.41. The highest BCUT2D eigenvalue weighted by Crippen LogP contribution is 2.36. The lowest BCUT2D eigenvalue weighted by Gasteiger charge is -2.14. The van der Waals surface area contributed by atoms with Gasteiger partial charge in [-0.2, -0.15) is 0 Å². The number of nitrogens with zero attached hydrogens (tertiary/aromatic N) is 2. The Morgan fingerprint density at radius 3 is 2.68 bits per heavy atom. The predicted molar refractivity (Wildman–Crippen MR) is 112 cm³/mol. The van der Waals surface area contributed by atoms with Crippen LogP contribution in [0.1, 0.15) is 11.3 Å². The van der Waals surface area contributed by atoms with Gasteiger partial charge in [-0.25, -0.2) is 4.98 Å². The van der Waals surface area contributed by atoms with E-state index in [2.05, 4.69) is 4.98 Å². The van der Waals surface area contributed by atoms with Crippen molar-refractivity contribution in [1.82, 2.24) is 4.98 Å². The van der Waals surface area contributed by atoms with Gasteiger partial charge in [-0.15, -0.1) is 22.7 Å². The van der Waals surface area contributed by atoms with E-state index < -0.39 is 0 Å². The van der Waals surface area contributed by atoms with Crippen LogP contribution in [0.15, 0.2) is 52.1 Å². The molecule has 0 unspecified atom stereocenters. The zero-order valence-electron chi connectivity index (χ0n) is 13.1. The first-order valence-corrected chi connectivity index (χ1v) is 10.4. The molecule has 3 heterocycles. The minimum atomic E-state index is -0.0930.